The zero-order chi connectivity index (χ0) is 14.1. The number of hydrogen-bond donors (Lipinski definition) is 2. The number of fused-ring (bicyclic) bond motifs is 1. The molecule has 0 radical (unpaired) electrons. The van der Waals surface area contributed by atoms with Gasteiger partial charge in [0.25, 0.3) is 0 Å². The van der Waals surface area contributed by atoms with Gasteiger partial charge in [-0.15, -0.1) is 0 Å². The van der Waals surface area contributed by atoms with Crippen molar-refractivity contribution in [2.24, 2.45) is 0 Å². The second-order valence-electron chi connectivity index (χ2n) is 5.06. The summed E-state index contributed by atoms with van der Waals surface area (Å²) in [6.45, 7) is 1.94. The van der Waals surface area contributed by atoms with Gasteiger partial charge in [-0.2, -0.15) is 0 Å². The number of nitrogens with zero attached hydrogens (tertiary/aromatic N) is 1. The summed E-state index contributed by atoms with van der Waals surface area (Å²) in [5.41, 5.74) is 1.83. The van der Waals surface area contributed by atoms with E-state index in [2.05, 4.69) is 10.3 Å². The second kappa shape index (κ2) is 5.38. The van der Waals surface area contributed by atoms with Crippen molar-refractivity contribution in [2.75, 3.05) is 13.1 Å². The van der Waals surface area contributed by atoms with Crippen LogP contribution in [0.4, 0.5) is 0 Å². The lowest BCUT2D eigenvalue weighted by atomic mass is 9.93. The lowest BCUT2D eigenvalue weighted by Crippen LogP contribution is -2.27. The van der Waals surface area contributed by atoms with E-state index in [1.807, 2.05) is 6.07 Å². The topological polar surface area (TPSA) is 62.2 Å². The Morgan fingerprint density at radius 1 is 1.35 bits per heavy atom. The SMILES string of the molecule is O=C(O)c1cccc2nc(C3CCNCC3)c(Cl)cc12. The average molecular weight is 291 g/mol. The van der Waals surface area contributed by atoms with Crippen LogP contribution in [0, 0.1) is 0 Å². The standard InChI is InChI=1S/C15H15ClN2O2/c16-12-8-11-10(15(19)20)2-1-3-13(11)18-14(12)9-4-6-17-7-5-9/h1-3,8-9,17H,4-7H2,(H,19,20). The Balaban J connectivity index is 2.12. The molecule has 2 heterocycles. The van der Waals surface area contributed by atoms with Gasteiger partial charge in [-0.1, -0.05) is 17.7 Å². The predicted octanol–water partition coefficient (Wildman–Crippen LogP) is 3.05. The minimum absolute atomic E-state index is 0.244. The van der Waals surface area contributed by atoms with Crippen LogP contribution in [0.3, 0.4) is 0 Å². The summed E-state index contributed by atoms with van der Waals surface area (Å²) in [6.07, 6.45) is 2.02. The molecule has 1 aliphatic rings. The second-order valence-corrected chi connectivity index (χ2v) is 5.46. The normalized spacial score (nSPS) is 16.4. The molecular weight excluding hydrogens is 276 g/mol. The molecule has 1 aliphatic heterocycles. The molecule has 1 saturated heterocycles. The molecule has 3 rings (SSSR count). The van der Waals surface area contributed by atoms with Gasteiger partial charge in [-0.3, -0.25) is 4.98 Å². The van der Waals surface area contributed by atoms with Gasteiger partial charge in [0.05, 0.1) is 21.8 Å². The first-order chi connectivity index (χ1) is 9.66. The number of pyridine rings is 1. The van der Waals surface area contributed by atoms with Crippen LogP contribution in [-0.2, 0) is 0 Å². The number of piperidine rings is 1. The Labute approximate surface area is 121 Å². The molecule has 5 heteroatoms. The average Bonchev–Trinajstić information content (AvgIpc) is 2.46. The monoisotopic (exact) mass is 290 g/mol. The van der Waals surface area contributed by atoms with Crippen LogP contribution in [0.15, 0.2) is 24.3 Å². The third-order valence-electron chi connectivity index (χ3n) is 3.80. The molecular formula is C15H15ClN2O2. The fraction of sp³-hybridized carbons (Fsp3) is 0.333. The first-order valence-electron chi connectivity index (χ1n) is 6.70. The van der Waals surface area contributed by atoms with Gasteiger partial charge in [0.1, 0.15) is 0 Å². The summed E-state index contributed by atoms with van der Waals surface area (Å²) in [6, 6.07) is 6.87. The summed E-state index contributed by atoms with van der Waals surface area (Å²) in [4.78, 5) is 15.9. The molecule has 2 N–H and O–H groups in total. The van der Waals surface area contributed by atoms with Crippen molar-refractivity contribution in [3.8, 4) is 0 Å². The van der Waals surface area contributed by atoms with E-state index in [0.717, 1.165) is 31.6 Å². The van der Waals surface area contributed by atoms with Crippen molar-refractivity contribution in [1.29, 1.82) is 0 Å². The molecule has 4 nitrogen and oxygen atoms in total. The zero-order valence-electron chi connectivity index (χ0n) is 10.9. The number of benzene rings is 1. The van der Waals surface area contributed by atoms with Crippen LogP contribution in [0.5, 0.6) is 0 Å². The summed E-state index contributed by atoms with van der Waals surface area (Å²) in [7, 11) is 0. The molecule has 0 atom stereocenters. The van der Waals surface area contributed by atoms with Crippen LogP contribution in [0.1, 0.15) is 34.8 Å². The molecule has 0 aliphatic carbocycles. The van der Waals surface area contributed by atoms with Gasteiger partial charge >= 0.3 is 5.97 Å². The van der Waals surface area contributed by atoms with Gasteiger partial charge in [-0.25, -0.2) is 4.79 Å². The maximum absolute atomic E-state index is 11.2. The van der Waals surface area contributed by atoms with Crippen molar-refractivity contribution in [3.63, 3.8) is 0 Å². The Morgan fingerprint density at radius 2 is 2.10 bits per heavy atom. The highest BCUT2D eigenvalue weighted by atomic mass is 35.5. The fourth-order valence-electron chi connectivity index (χ4n) is 2.75. The summed E-state index contributed by atoms with van der Waals surface area (Å²) in [5.74, 6) is -0.607. The number of carboxylic acid groups (broad SMARTS) is 1. The first-order valence-corrected chi connectivity index (χ1v) is 7.08. The summed E-state index contributed by atoms with van der Waals surface area (Å²) in [5, 5.41) is 13.7. The molecule has 2 aromatic rings. The Morgan fingerprint density at radius 3 is 2.80 bits per heavy atom. The first kappa shape index (κ1) is 13.3. The van der Waals surface area contributed by atoms with E-state index in [4.69, 9.17) is 11.6 Å². The molecule has 0 spiro atoms. The Kier molecular flexibility index (Phi) is 3.59. The van der Waals surface area contributed by atoms with E-state index in [1.54, 1.807) is 18.2 Å². The highest BCUT2D eigenvalue weighted by Crippen LogP contribution is 2.32. The van der Waals surface area contributed by atoms with Crippen molar-refractivity contribution in [2.45, 2.75) is 18.8 Å². The van der Waals surface area contributed by atoms with Crippen molar-refractivity contribution < 1.29 is 9.90 Å². The van der Waals surface area contributed by atoms with Gasteiger partial charge in [0, 0.05) is 11.3 Å². The number of aromatic carboxylic acids is 1. The van der Waals surface area contributed by atoms with Crippen LogP contribution < -0.4 is 5.32 Å². The maximum atomic E-state index is 11.2. The smallest absolute Gasteiger partial charge is 0.336 e. The minimum atomic E-state index is -0.955. The Bertz CT molecular complexity index is 666. The molecule has 1 aromatic heterocycles. The Hall–Kier alpha value is -1.65. The highest BCUT2D eigenvalue weighted by Gasteiger charge is 2.21. The maximum Gasteiger partial charge on any atom is 0.336 e. The molecule has 0 amide bonds. The van der Waals surface area contributed by atoms with Crippen LogP contribution in [-0.4, -0.2) is 29.1 Å². The molecule has 0 unspecified atom stereocenters. The third kappa shape index (κ3) is 2.37. The van der Waals surface area contributed by atoms with E-state index in [-0.39, 0.29) is 5.56 Å². The third-order valence-corrected chi connectivity index (χ3v) is 4.10. The molecule has 1 fully saturated rings. The zero-order valence-corrected chi connectivity index (χ0v) is 11.7. The van der Waals surface area contributed by atoms with E-state index in [9.17, 15) is 9.90 Å². The number of aromatic nitrogens is 1. The van der Waals surface area contributed by atoms with Crippen molar-refractivity contribution in [3.05, 3.63) is 40.5 Å². The quantitative estimate of drug-likeness (QED) is 0.892. The van der Waals surface area contributed by atoms with Crippen LogP contribution in [0.25, 0.3) is 10.9 Å². The number of carbonyl (C=O) groups is 1. The minimum Gasteiger partial charge on any atom is -0.478 e. The van der Waals surface area contributed by atoms with Crippen LogP contribution >= 0.6 is 11.6 Å². The molecule has 0 bridgehead atoms. The van der Waals surface area contributed by atoms with Gasteiger partial charge in [0.15, 0.2) is 0 Å². The van der Waals surface area contributed by atoms with E-state index in [1.165, 1.54) is 0 Å². The number of nitrogens with one attached hydrogen (secondary N) is 1. The number of rotatable bonds is 2. The van der Waals surface area contributed by atoms with E-state index < -0.39 is 5.97 Å². The predicted molar refractivity (Wildman–Crippen MR) is 78.6 cm³/mol. The number of hydrogen-bond acceptors (Lipinski definition) is 3. The fourth-order valence-corrected chi connectivity index (χ4v) is 3.06. The van der Waals surface area contributed by atoms with E-state index >= 15 is 0 Å². The van der Waals surface area contributed by atoms with Crippen LogP contribution in [0.2, 0.25) is 5.02 Å². The lowest BCUT2D eigenvalue weighted by Gasteiger charge is -2.23. The molecule has 0 saturated carbocycles. The lowest BCUT2D eigenvalue weighted by molar-refractivity contribution is 0.0699. The van der Waals surface area contributed by atoms with Gasteiger partial charge in [-0.05, 0) is 44.1 Å². The van der Waals surface area contributed by atoms with Gasteiger partial charge in [0.2, 0.25) is 0 Å². The number of carboxylic acids is 1. The summed E-state index contributed by atoms with van der Waals surface area (Å²) >= 11 is 6.34. The molecule has 1 aromatic carbocycles. The molecule has 104 valence electrons. The van der Waals surface area contributed by atoms with Crippen molar-refractivity contribution in [1.82, 2.24) is 10.3 Å². The number of halogens is 1. The van der Waals surface area contributed by atoms with Gasteiger partial charge < -0.3 is 10.4 Å². The molecule has 20 heavy (non-hydrogen) atoms. The van der Waals surface area contributed by atoms with E-state index in [0.29, 0.717) is 21.8 Å². The van der Waals surface area contributed by atoms with Crippen molar-refractivity contribution >= 4 is 28.5 Å². The highest BCUT2D eigenvalue weighted by molar-refractivity contribution is 6.32. The largest absolute Gasteiger partial charge is 0.478 e. The summed E-state index contributed by atoms with van der Waals surface area (Å²) < 4.78 is 0.